The average Bonchev–Trinajstić information content (AvgIpc) is 3.22. The van der Waals surface area contributed by atoms with Gasteiger partial charge in [0.15, 0.2) is 12.4 Å². The molecule has 1 aliphatic rings. The molecule has 1 fully saturated rings. The van der Waals surface area contributed by atoms with Crippen molar-refractivity contribution in [2.45, 2.75) is 32.2 Å². The summed E-state index contributed by atoms with van der Waals surface area (Å²) in [4.78, 5) is 37.3. The Hall–Kier alpha value is -2.62. The largest absolute Gasteiger partial charge is 0.451 e. The summed E-state index contributed by atoms with van der Waals surface area (Å²) in [5.41, 5.74) is -0.456. The third kappa shape index (κ3) is 3.52. The van der Waals surface area contributed by atoms with E-state index in [4.69, 9.17) is 10.00 Å². The molecule has 0 aromatic carbocycles. The van der Waals surface area contributed by atoms with E-state index in [1.165, 1.54) is 19.2 Å². The number of H-pyrrole nitrogens is 1. The first-order chi connectivity index (χ1) is 10.4. The summed E-state index contributed by atoms with van der Waals surface area (Å²) >= 11 is 0. The van der Waals surface area contributed by atoms with Crippen molar-refractivity contribution < 1.29 is 19.1 Å². The Balaban J connectivity index is 1.86. The van der Waals surface area contributed by atoms with Gasteiger partial charge in [0.1, 0.15) is 11.2 Å². The van der Waals surface area contributed by atoms with Crippen molar-refractivity contribution in [1.29, 1.82) is 5.26 Å². The molecular formula is C15H17N3O4. The molecule has 0 unspecified atom stereocenters. The number of hydrogen-bond donors (Lipinski definition) is 2. The summed E-state index contributed by atoms with van der Waals surface area (Å²) in [6.45, 7) is 2.57. The molecule has 1 amide bonds. The molecular weight excluding hydrogens is 286 g/mol. The zero-order valence-electron chi connectivity index (χ0n) is 12.4. The molecule has 0 aliphatic heterocycles. The van der Waals surface area contributed by atoms with Gasteiger partial charge in [-0.25, -0.2) is 4.79 Å². The fraction of sp³-hybridized carbons (Fsp3) is 0.467. The summed E-state index contributed by atoms with van der Waals surface area (Å²) in [7, 11) is 0. The molecule has 2 N–H and O–H groups in total. The summed E-state index contributed by atoms with van der Waals surface area (Å²) in [6.07, 6.45) is 3.21. The van der Waals surface area contributed by atoms with Crippen LogP contribution in [0.25, 0.3) is 0 Å². The number of aromatic nitrogens is 1. The van der Waals surface area contributed by atoms with E-state index >= 15 is 0 Å². The second-order valence-corrected chi connectivity index (χ2v) is 5.57. The Kier molecular flexibility index (Phi) is 4.31. The van der Waals surface area contributed by atoms with Crippen molar-refractivity contribution in [3.05, 3.63) is 23.5 Å². The van der Waals surface area contributed by atoms with Gasteiger partial charge in [-0.1, -0.05) is 0 Å². The van der Waals surface area contributed by atoms with Crippen LogP contribution in [-0.2, 0) is 9.53 Å². The number of rotatable bonds is 6. The zero-order valence-corrected chi connectivity index (χ0v) is 12.4. The van der Waals surface area contributed by atoms with E-state index in [2.05, 4.69) is 16.4 Å². The number of hydrogen-bond acceptors (Lipinski definition) is 5. The van der Waals surface area contributed by atoms with Crippen molar-refractivity contribution in [3.8, 4) is 6.07 Å². The molecule has 22 heavy (non-hydrogen) atoms. The Morgan fingerprint density at radius 2 is 2.18 bits per heavy atom. The van der Waals surface area contributed by atoms with E-state index < -0.39 is 24.0 Å². The van der Waals surface area contributed by atoms with Crippen LogP contribution in [0.3, 0.4) is 0 Å². The molecule has 1 aliphatic carbocycles. The number of ketones is 1. The molecule has 7 nitrogen and oxygen atoms in total. The highest BCUT2D eigenvalue weighted by Gasteiger charge is 2.43. The molecule has 0 saturated heterocycles. The predicted octanol–water partition coefficient (Wildman–Crippen LogP) is 1.18. The summed E-state index contributed by atoms with van der Waals surface area (Å²) in [6, 6.07) is 3.46. The molecule has 0 radical (unpaired) electrons. The van der Waals surface area contributed by atoms with Crippen LogP contribution in [0.15, 0.2) is 12.3 Å². The summed E-state index contributed by atoms with van der Waals surface area (Å²) in [5, 5.41) is 11.7. The van der Waals surface area contributed by atoms with E-state index in [9.17, 15) is 14.4 Å². The number of nitrogens with zero attached hydrogens (tertiary/aromatic N) is 1. The van der Waals surface area contributed by atoms with E-state index in [-0.39, 0.29) is 17.4 Å². The van der Waals surface area contributed by atoms with Crippen molar-refractivity contribution in [2.24, 2.45) is 5.92 Å². The molecule has 0 bridgehead atoms. The average molecular weight is 303 g/mol. The number of nitrogens with one attached hydrogen (secondary N) is 2. The van der Waals surface area contributed by atoms with Gasteiger partial charge in [-0.3, -0.25) is 9.59 Å². The second-order valence-electron chi connectivity index (χ2n) is 5.57. The van der Waals surface area contributed by atoms with Gasteiger partial charge in [0.05, 0.1) is 6.07 Å². The standard InChI is InChI=1S/C15H17N3O4/c1-9(19)10-5-12(17-6-10)14(21)22-7-13(20)18-15(2,8-16)11-3-4-11/h5-6,11,17H,3-4,7H2,1-2H3,(H,18,20)/t15-/m1/s1. The predicted molar refractivity (Wildman–Crippen MR) is 76.0 cm³/mol. The highest BCUT2D eigenvalue weighted by Crippen LogP contribution is 2.39. The van der Waals surface area contributed by atoms with Crippen LogP contribution in [0, 0.1) is 17.2 Å². The lowest BCUT2D eigenvalue weighted by atomic mass is 9.98. The third-order valence-electron chi connectivity index (χ3n) is 3.67. The van der Waals surface area contributed by atoms with Gasteiger partial charge < -0.3 is 15.0 Å². The molecule has 1 atom stereocenters. The van der Waals surface area contributed by atoms with Crippen molar-refractivity contribution in [2.75, 3.05) is 6.61 Å². The maximum Gasteiger partial charge on any atom is 0.355 e. The minimum absolute atomic E-state index is 0.100. The number of carbonyl (C=O) groups is 3. The maximum atomic E-state index is 11.8. The van der Waals surface area contributed by atoms with Crippen molar-refractivity contribution in [3.63, 3.8) is 0 Å². The summed E-state index contributed by atoms with van der Waals surface area (Å²) in [5.74, 6) is -1.28. The molecule has 0 spiro atoms. The minimum atomic E-state index is -0.919. The van der Waals surface area contributed by atoms with Crippen LogP contribution >= 0.6 is 0 Å². The Labute approximate surface area is 127 Å². The molecule has 7 heteroatoms. The van der Waals surface area contributed by atoms with Gasteiger partial charge in [-0.15, -0.1) is 0 Å². The van der Waals surface area contributed by atoms with Crippen molar-refractivity contribution in [1.82, 2.24) is 10.3 Å². The van der Waals surface area contributed by atoms with Gasteiger partial charge in [-0.2, -0.15) is 5.26 Å². The molecule has 1 aromatic heterocycles. The highest BCUT2D eigenvalue weighted by molar-refractivity contribution is 5.97. The highest BCUT2D eigenvalue weighted by atomic mass is 16.5. The monoisotopic (exact) mass is 303 g/mol. The molecule has 2 rings (SSSR count). The number of carbonyl (C=O) groups excluding carboxylic acids is 3. The number of amides is 1. The molecule has 1 saturated carbocycles. The van der Waals surface area contributed by atoms with Crippen molar-refractivity contribution >= 4 is 17.7 Å². The fourth-order valence-electron chi connectivity index (χ4n) is 2.13. The molecule has 1 aromatic rings. The molecule has 116 valence electrons. The third-order valence-corrected chi connectivity index (χ3v) is 3.67. The Morgan fingerprint density at radius 3 is 2.68 bits per heavy atom. The quantitative estimate of drug-likeness (QED) is 0.605. The van der Waals surface area contributed by atoms with E-state index in [0.717, 1.165) is 12.8 Å². The lowest BCUT2D eigenvalue weighted by molar-refractivity contribution is -0.125. The number of nitriles is 1. The van der Waals surface area contributed by atoms with Crippen LogP contribution in [0.4, 0.5) is 0 Å². The van der Waals surface area contributed by atoms with E-state index in [1.807, 2.05) is 0 Å². The number of esters is 1. The first-order valence-corrected chi connectivity index (χ1v) is 6.94. The normalized spacial score (nSPS) is 16.2. The first kappa shape index (κ1) is 15.8. The van der Waals surface area contributed by atoms with E-state index in [1.54, 1.807) is 6.92 Å². The fourth-order valence-corrected chi connectivity index (χ4v) is 2.13. The van der Waals surface area contributed by atoms with Gasteiger partial charge >= 0.3 is 5.97 Å². The lowest BCUT2D eigenvalue weighted by Gasteiger charge is -2.22. The first-order valence-electron chi connectivity index (χ1n) is 6.94. The molecule has 1 heterocycles. The van der Waals surface area contributed by atoms with E-state index in [0.29, 0.717) is 5.56 Å². The van der Waals surface area contributed by atoms with Gasteiger partial charge in [0, 0.05) is 11.8 Å². The van der Waals surface area contributed by atoms with Gasteiger partial charge in [0.25, 0.3) is 5.91 Å². The smallest absolute Gasteiger partial charge is 0.355 e. The zero-order chi connectivity index (χ0) is 16.3. The van der Waals surface area contributed by atoms with Crippen LogP contribution in [0.1, 0.15) is 47.5 Å². The number of aromatic amines is 1. The second kappa shape index (κ2) is 6.02. The van der Waals surface area contributed by atoms with Gasteiger partial charge in [0.2, 0.25) is 0 Å². The van der Waals surface area contributed by atoms with Crippen LogP contribution in [-0.4, -0.2) is 34.8 Å². The summed E-state index contributed by atoms with van der Waals surface area (Å²) < 4.78 is 4.87. The number of Topliss-reactive ketones (excluding diaryl/α,β-unsaturated/α-hetero) is 1. The Bertz CT molecular complexity index is 654. The lowest BCUT2D eigenvalue weighted by Crippen LogP contribution is -2.48. The van der Waals surface area contributed by atoms with Gasteiger partial charge in [-0.05, 0) is 38.7 Å². The topological polar surface area (TPSA) is 112 Å². The number of ether oxygens (including phenoxy) is 1. The Morgan fingerprint density at radius 1 is 1.50 bits per heavy atom. The maximum absolute atomic E-state index is 11.8. The SMILES string of the molecule is CC(=O)c1c[nH]c(C(=O)OCC(=O)N[C@](C)(C#N)C2CC2)c1. The van der Waals surface area contributed by atoms with Crippen LogP contribution in [0.5, 0.6) is 0 Å². The minimum Gasteiger partial charge on any atom is -0.451 e. The van der Waals surface area contributed by atoms with Crippen LogP contribution in [0.2, 0.25) is 0 Å². The van der Waals surface area contributed by atoms with Crippen LogP contribution < -0.4 is 5.32 Å².